The van der Waals surface area contributed by atoms with E-state index in [2.05, 4.69) is 20.9 Å². The van der Waals surface area contributed by atoms with Gasteiger partial charge in [0.25, 0.3) is 0 Å². The van der Waals surface area contributed by atoms with Crippen LogP contribution in [0.4, 0.5) is 0 Å². The normalized spacial score (nSPS) is 13.2. The van der Waals surface area contributed by atoms with Crippen LogP contribution in [-0.4, -0.2) is 69.5 Å². The zero-order valence-electron chi connectivity index (χ0n) is 20.8. The zero-order chi connectivity index (χ0) is 28.5. The van der Waals surface area contributed by atoms with Crippen LogP contribution in [0.15, 0.2) is 54.7 Å². The van der Waals surface area contributed by atoms with Crippen molar-refractivity contribution in [1.82, 2.24) is 20.9 Å². The fourth-order valence-corrected chi connectivity index (χ4v) is 3.92. The molecule has 4 amide bonds. The molecule has 0 spiro atoms. The Bertz CT molecular complexity index is 1350. The van der Waals surface area contributed by atoms with Gasteiger partial charge in [0, 0.05) is 23.5 Å². The monoisotopic (exact) mass is 538 g/mol. The number of benzene rings is 2. The Hall–Kier alpha value is -4.91. The van der Waals surface area contributed by atoms with Gasteiger partial charge < -0.3 is 42.6 Å². The molecule has 0 fully saturated rings. The van der Waals surface area contributed by atoms with Crippen LogP contribution in [0, 0.1) is 0 Å². The Balaban J connectivity index is 1.67. The maximum atomic E-state index is 13.0. The Morgan fingerprint density at radius 1 is 0.897 bits per heavy atom. The number of aromatic nitrogens is 1. The summed E-state index contributed by atoms with van der Waals surface area (Å²) in [6.07, 6.45) is 1.35. The molecule has 0 aliphatic heterocycles. The number of phenols is 1. The van der Waals surface area contributed by atoms with Crippen molar-refractivity contribution in [2.24, 2.45) is 11.5 Å². The van der Waals surface area contributed by atoms with Crippen LogP contribution in [0.5, 0.6) is 5.75 Å². The number of carboxylic acids is 1. The van der Waals surface area contributed by atoms with Crippen molar-refractivity contribution in [2.45, 2.75) is 37.4 Å². The number of hydrogen-bond acceptors (Lipinski definition) is 7. The first-order chi connectivity index (χ1) is 18.5. The molecule has 10 N–H and O–H groups in total. The summed E-state index contributed by atoms with van der Waals surface area (Å²) in [5.74, 6) is -4.57. The lowest BCUT2D eigenvalue weighted by atomic mass is 10.0. The number of primary amides is 1. The number of nitrogens with two attached hydrogens (primary N) is 2. The van der Waals surface area contributed by atoms with Crippen LogP contribution in [0.2, 0.25) is 0 Å². The predicted molar refractivity (Wildman–Crippen MR) is 140 cm³/mol. The second-order valence-electron chi connectivity index (χ2n) is 8.95. The molecule has 1 aromatic heterocycles. The molecule has 1 heterocycles. The van der Waals surface area contributed by atoms with Crippen molar-refractivity contribution in [1.29, 1.82) is 0 Å². The number of aromatic hydroxyl groups is 1. The molecule has 0 aliphatic rings. The maximum Gasteiger partial charge on any atom is 0.326 e. The lowest BCUT2D eigenvalue weighted by molar-refractivity contribution is -0.143. The van der Waals surface area contributed by atoms with Gasteiger partial charge in [-0.05, 0) is 35.7 Å². The van der Waals surface area contributed by atoms with E-state index in [1.807, 2.05) is 24.3 Å². The van der Waals surface area contributed by atoms with Crippen LogP contribution in [0.1, 0.15) is 17.5 Å². The average Bonchev–Trinajstić information content (AvgIpc) is 3.30. The molecule has 0 aliphatic carbocycles. The van der Waals surface area contributed by atoms with Gasteiger partial charge in [0.05, 0.1) is 19.0 Å². The van der Waals surface area contributed by atoms with Gasteiger partial charge in [-0.3, -0.25) is 19.2 Å². The average molecular weight is 539 g/mol. The molecule has 2 aromatic carbocycles. The summed E-state index contributed by atoms with van der Waals surface area (Å²) < 4.78 is 0. The largest absolute Gasteiger partial charge is 0.508 e. The van der Waals surface area contributed by atoms with Crippen molar-refractivity contribution >= 4 is 40.5 Å². The number of fused-ring (bicyclic) bond motifs is 1. The number of hydrogen-bond donors (Lipinski definition) is 8. The van der Waals surface area contributed by atoms with Gasteiger partial charge in [-0.2, -0.15) is 0 Å². The number of carbonyl (C=O) groups is 5. The summed E-state index contributed by atoms with van der Waals surface area (Å²) in [7, 11) is 0. The molecule has 0 bridgehead atoms. The summed E-state index contributed by atoms with van der Waals surface area (Å²) in [4.78, 5) is 63.5. The summed E-state index contributed by atoms with van der Waals surface area (Å²) in [6, 6.07) is 9.83. The highest BCUT2D eigenvalue weighted by atomic mass is 16.4. The SMILES string of the molecule is NC(=O)CC(NC(=O)CNC(=O)C(Cc1ccc(O)cc1)NC(=O)C(N)Cc1c[nH]c2ccccc12)C(=O)O. The van der Waals surface area contributed by atoms with E-state index in [0.717, 1.165) is 16.5 Å². The third-order valence-electron chi connectivity index (χ3n) is 5.92. The third kappa shape index (κ3) is 8.30. The number of carboxylic acid groups (broad SMARTS) is 1. The molecule has 13 nitrogen and oxygen atoms in total. The van der Waals surface area contributed by atoms with Crippen molar-refractivity contribution in [3.8, 4) is 5.75 Å². The van der Waals surface area contributed by atoms with Gasteiger partial charge in [0.15, 0.2) is 0 Å². The molecule has 3 aromatic rings. The molecule has 39 heavy (non-hydrogen) atoms. The Labute approximate surface area is 222 Å². The minimum atomic E-state index is -1.55. The van der Waals surface area contributed by atoms with Crippen LogP contribution >= 0.6 is 0 Å². The molecular formula is C26H30N6O7. The zero-order valence-corrected chi connectivity index (χ0v) is 20.8. The first kappa shape index (κ1) is 28.7. The first-order valence-electron chi connectivity index (χ1n) is 12.0. The van der Waals surface area contributed by atoms with Gasteiger partial charge in [-0.1, -0.05) is 30.3 Å². The molecule has 0 saturated carbocycles. The van der Waals surface area contributed by atoms with Crippen LogP contribution in [0.3, 0.4) is 0 Å². The highest BCUT2D eigenvalue weighted by Crippen LogP contribution is 2.19. The van der Waals surface area contributed by atoms with E-state index < -0.39 is 60.7 Å². The number of aromatic amines is 1. The van der Waals surface area contributed by atoms with E-state index in [9.17, 15) is 29.1 Å². The van der Waals surface area contributed by atoms with E-state index in [1.54, 1.807) is 18.3 Å². The van der Waals surface area contributed by atoms with Gasteiger partial charge in [0.1, 0.15) is 17.8 Å². The summed E-state index contributed by atoms with van der Waals surface area (Å²) in [5.41, 5.74) is 13.5. The molecule has 13 heteroatoms. The van der Waals surface area contributed by atoms with Gasteiger partial charge >= 0.3 is 5.97 Å². The molecule has 0 radical (unpaired) electrons. The molecule has 206 valence electrons. The number of H-pyrrole nitrogens is 1. The van der Waals surface area contributed by atoms with Gasteiger partial charge in [-0.15, -0.1) is 0 Å². The van der Waals surface area contributed by atoms with Crippen molar-refractivity contribution < 1.29 is 34.2 Å². The maximum absolute atomic E-state index is 13.0. The quantitative estimate of drug-likeness (QED) is 0.135. The minimum Gasteiger partial charge on any atom is -0.508 e. The Morgan fingerprint density at radius 2 is 1.59 bits per heavy atom. The second kappa shape index (κ2) is 13.1. The van der Waals surface area contributed by atoms with Gasteiger partial charge in [0.2, 0.25) is 23.6 Å². The highest BCUT2D eigenvalue weighted by molar-refractivity contribution is 5.94. The fourth-order valence-electron chi connectivity index (χ4n) is 3.92. The minimum absolute atomic E-state index is 0.0126. The Morgan fingerprint density at radius 3 is 2.26 bits per heavy atom. The lowest BCUT2D eigenvalue weighted by Crippen LogP contribution is -2.54. The van der Waals surface area contributed by atoms with E-state index in [1.165, 1.54) is 12.1 Å². The highest BCUT2D eigenvalue weighted by Gasteiger charge is 2.26. The summed E-state index contributed by atoms with van der Waals surface area (Å²) in [6.45, 7) is -0.620. The van der Waals surface area contributed by atoms with Crippen molar-refractivity contribution in [2.75, 3.05) is 6.54 Å². The third-order valence-corrected chi connectivity index (χ3v) is 5.92. The molecular weight excluding hydrogens is 508 g/mol. The number of carbonyl (C=O) groups excluding carboxylic acids is 4. The van der Waals surface area contributed by atoms with Gasteiger partial charge in [-0.25, -0.2) is 4.79 Å². The molecule has 3 rings (SSSR count). The Kier molecular flexibility index (Phi) is 9.59. The predicted octanol–water partition coefficient (Wildman–Crippen LogP) is -0.968. The number of aliphatic carboxylic acids is 1. The topological polar surface area (TPSA) is 230 Å². The number of nitrogens with one attached hydrogen (secondary N) is 4. The summed E-state index contributed by atoms with van der Waals surface area (Å²) >= 11 is 0. The second-order valence-corrected chi connectivity index (χ2v) is 8.95. The number of rotatable bonds is 13. The number of amides is 4. The smallest absolute Gasteiger partial charge is 0.326 e. The van der Waals surface area contributed by atoms with Crippen LogP contribution < -0.4 is 27.4 Å². The summed E-state index contributed by atoms with van der Waals surface area (Å²) in [5, 5.41) is 26.7. The van der Waals surface area contributed by atoms with Crippen LogP contribution in [0.25, 0.3) is 10.9 Å². The van der Waals surface area contributed by atoms with E-state index in [4.69, 9.17) is 16.6 Å². The molecule has 0 saturated heterocycles. The number of para-hydroxylation sites is 1. The van der Waals surface area contributed by atoms with Crippen molar-refractivity contribution in [3.63, 3.8) is 0 Å². The van der Waals surface area contributed by atoms with E-state index in [-0.39, 0.29) is 18.6 Å². The van der Waals surface area contributed by atoms with Crippen molar-refractivity contribution in [3.05, 3.63) is 65.9 Å². The van der Waals surface area contributed by atoms with E-state index >= 15 is 0 Å². The fraction of sp³-hybridized carbons (Fsp3) is 0.269. The van der Waals surface area contributed by atoms with Crippen LogP contribution in [-0.2, 0) is 36.8 Å². The number of phenolic OH excluding ortho intramolecular Hbond substituents is 1. The van der Waals surface area contributed by atoms with E-state index in [0.29, 0.717) is 5.56 Å². The molecule has 3 unspecified atom stereocenters. The standard InChI is InChI=1S/C26H30N6O7/c27-18(10-15-12-29-19-4-2-1-3-17(15)19)24(36)32-20(9-14-5-7-16(33)8-6-14)25(37)30-13-23(35)31-21(26(38)39)11-22(28)34/h1-8,12,18,20-21,29,33H,9-11,13,27H2,(H2,28,34)(H,30,37)(H,31,35)(H,32,36)(H,38,39). The first-order valence-corrected chi connectivity index (χ1v) is 12.0. The lowest BCUT2D eigenvalue weighted by Gasteiger charge is -2.21. The molecule has 3 atom stereocenters.